The van der Waals surface area contributed by atoms with Crippen molar-refractivity contribution < 1.29 is 0 Å². The molecular weight excluding hydrogens is 278 g/mol. The normalized spacial score (nSPS) is 10.9. The topological polar surface area (TPSA) is 37.8 Å². The highest BCUT2D eigenvalue weighted by atomic mass is 35.5. The van der Waals surface area contributed by atoms with Gasteiger partial charge in [-0.15, -0.1) is 10.2 Å². The van der Waals surface area contributed by atoms with Gasteiger partial charge < -0.3 is 5.32 Å². The minimum absolute atomic E-state index is 0.747. The van der Waals surface area contributed by atoms with Crippen molar-refractivity contribution in [2.45, 2.75) is 26.7 Å². The van der Waals surface area contributed by atoms with Crippen molar-refractivity contribution >= 4 is 22.9 Å². The fraction of sp³-hybridized carbons (Fsp3) is 0.429. The van der Waals surface area contributed by atoms with Crippen LogP contribution in [-0.4, -0.2) is 23.3 Å². The van der Waals surface area contributed by atoms with Gasteiger partial charge >= 0.3 is 0 Å². The molecule has 3 nitrogen and oxygen atoms in total. The molecule has 1 N–H and O–H groups in total. The largest absolute Gasteiger partial charge is 0.316 e. The molecular formula is C14H18ClN3S. The molecule has 0 spiro atoms. The molecule has 2 aromatic rings. The van der Waals surface area contributed by atoms with E-state index >= 15 is 0 Å². The molecule has 0 bridgehead atoms. The Morgan fingerprint density at radius 1 is 1.21 bits per heavy atom. The third-order valence-corrected chi connectivity index (χ3v) is 3.95. The maximum Gasteiger partial charge on any atom is 0.147 e. The van der Waals surface area contributed by atoms with Crippen molar-refractivity contribution in [1.29, 1.82) is 0 Å². The number of halogens is 1. The van der Waals surface area contributed by atoms with Gasteiger partial charge in [0.1, 0.15) is 10.0 Å². The first kappa shape index (κ1) is 14.4. The average molecular weight is 296 g/mol. The Labute approximate surface area is 123 Å². The third kappa shape index (κ3) is 4.27. The van der Waals surface area contributed by atoms with E-state index in [0.717, 1.165) is 52.1 Å². The molecule has 19 heavy (non-hydrogen) atoms. The zero-order chi connectivity index (χ0) is 13.7. The first-order chi connectivity index (χ1) is 9.19. The van der Waals surface area contributed by atoms with E-state index in [2.05, 4.69) is 28.5 Å². The van der Waals surface area contributed by atoms with Crippen molar-refractivity contribution in [1.82, 2.24) is 15.5 Å². The van der Waals surface area contributed by atoms with Gasteiger partial charge in [-0.1, -0.05) is 29.9 Å². The molecule has 0 fully saturated rings. The van der Waals surface area contributed by atoms with Crippen LogP contribution in [0.1, 0.15) is 23.9 Å². The Kier molecular flexibility index (Phi) is 5.31. The molecule has 2 rings (SSSR count). The molecule has 1 heterocycles. The standard InChI is InChI=1S/C14H18ClN3S/c1-3-5-16-6-4-13-17-18-14(19-13)11-7-10(2)8-12(15)9-11/h7-9,16H,3-6H2,1-2H3. The molecule has 0 aliphatic carbocycles. The van der Waals surface area contributed by atoms with Crippen LogP contribution in [-0.2, 0) is 6.42 Å². The lowest BCUT2D eigenvalue weighted by Crippen LogP contribution is -2.17. The summed E-state index contributed by atoms with van der Waals surface area (Å²) in [6.45, 7) is 6.21. The van der Waals surface area contributed by atoms with Crippen LogP contribution in [0.4, 0.5) is 0 Å². The summed E-state index contributed by atoms with van der Waals surface area (Å²) in [6, 6.07) is 5.97. The number of rotatable bonds is 6. The Morgan fingerprint density at radius 3 is 2.79 bits per heavy atom. The van der Waals surface area contributed by atoms with Gasteiger partial charge in [0.25, 0.3) is 0 Å². The summed E-state index contributed by atoms with van der Waals surface area (Å²) in [5.74, 6) is 0. The molecule has 5 heteroatoms. The van der Waals surface area contributed by atoms with Crippen LogP contribution in [0.3, 0.4) is 0 Å². The Balaban J connectivity index is 2.03. The van der Waals surface area contributed by atoms with Crippen molar-refractivity contribution in [2.75, 3.05) is 13.1 Å². The first-order valence-electron chi connectivity index (χ1n) is 6.49. The number of nitrogens with one attached hydrogen (secondary N) is 1. The molecule has 0 saturated heterocycles. The molecule has 0 atom stereocenters. The average Bonchev–Trinajstić information content (AvgIpc) is 2.82. The summed E-state index contributed by atoms with van der Waals surface area (Å²) >= 11 is 7.71. The minimum atomic E-state index is 0.747. The van der Waals surface area contributed by atoms with Gasteiger partial charge in [0, 0.05) is 23.6 Å². The molecule has 0 radical (unpaired) electrons. The van der Waals surface area contributed by atoms with E-state index in [-0.39, 0.29) is 0 Å². The van der Waals surface area contributed by atoms with Crippen LogP contribution in [0.15, 0.2) is 18.2 Å². The van der Waals surface area contributed by atoms with E-state index in [9.17, 15) is 0 Å². The summed E-state index contributed by atoms with van der Waals surface area (Å²) in [6.07, 6.45) is 2.08. The summed E-state index contributed by atoms with van der Waals surface area (Å²) in [7, 11) is 0. The molecule has 0 unspecified atom stereocenters. The van der Waals surface area contributed by atoms with Gasteiger partial charge in [0.05, 0.1) is 0 Å². The maximum atomic E-state index is 6.07. The highest BCUT2D eigenvalue weighted by molar-refractivity contribution is 7.14. The van der Waals surface area contributed by atoms with Crippen molar-refractivity contribution in [3.63, 3.8) is 0 Å². The van der Waals surface area contributed by atoms with Gasteiger partial charge in [-0.25, -0.2) is 0 Å². The number of aromatic nitrogens is 2. The van der Waals surface area contributed by atoms with Crippen LogP contribution < -0.4 is 5.32 Å². The molecule has 0 amide bonds. The number of nitrogens with zero attached hydrogens (tertiary/aromatic N) is 2. The van der Waals surface area contributed by atoms with E-state index in [1.165, 1.54) is 0 Å². The minimum Gasteiger partial charge on any atom is -0.316 e. The fourth-order valence-corrected chi connectivity index (χ4v) is 2.94. The third-order valence-electron chi connectivity index (χ3n) is 2.70. The zero-order valence-electron chi connectivity index (χ0n) is 11.2. The van der Waals surface area contributed by atoms with Crippen LogP contribution in [0, 0.1) is 6.92 Å². The van der Waals surface area contributed by atoms with Crippen molar-refractivity contribution in [3.8, 4) is 10.6 Å². The number of hydrogen-bond donors (Lipinski definition) is 1. The second-order valence-corrected chi connectivity index (χ2v) is 6.02. The highest BCUT2D eigenvalue weighted by Crippen LogP contribution is 2.27. The molecule has 102 valence electrons. The number of hydrogen-bond acceptors (Lipinski definition) is 4. The Bertz CT molecular complexity index is 519. The summed E-state index contributed by atoms with van der Waals surface area (Å²) in [5.41, 5.74) is 2.19. The number of benzene rings is 1. The molecule has 0 aliphatic heterocycles. The van der Waals surface area contributed by atoms with Gasteiger partial charge in [0.2, 0.25) is 0 Å². The predicted octanol–water partition coefficient (Wildman–Crippen LogP) is 3.71. The summed E-state index contributed by atoms with van der Waals surface area (Å²) < 4.78 is 0. The lowest BCUT2D eigenvalue weighted by Gasteiger charge is -2.00. The van der Waals surface area contributed by atoms with E-state index in [1.54, 1.807) is 11.3 Å². The lowest BCUT2D eigenvalue weighted by molar-refractivity contribution is 0.668. The summed E-state index contributed by atoms with van der Waals surface area (Å²) in [4.78, 5) is 0. The Morgan fingerprint density at radius 2 is 2.05 bits per heavy atom. The van der Waals surface area contributed by atoms with E-state index in [4.69, 9.17) is 11.6 Å². The van der Waals surface area contributed by atoms with Gasteiger partial charge in [-0.3, -0.25) is 0 Å². The van der Waals surface area contributed by atoms with Crippen LogP contribution in [0.25, 0.3) is 10.6 Å². The van der Waals surface area contributed by atoms with Crippen molar-refractivity contribution in [2.24, 2.45) is 0 Å². The smallest absolute Gasteiger partial charge is 0.147 e. The SMILES string of the molecule is CCCNCCc1nnc(-c2cc(C)cc(Cl)c2)s1. The second-order valence-electron chi connectivity index (χ2n) is 4.52. The summed E-state index contributed by atoms with van der Waals surface area (Å²) in [5, 5.41) is 14.6. The van der Waals surface area contributed by atoms with E-state index in [0.29, 0.717) is 0 Å². The highest BCUT2D eigenvalue weighted by Gasteiger charge is 2.07. The van der Waals surface area contributed by atoms with Crippen molar-refractivity contribution in [3.05, 3.63) is 33.8 Å². The van der Waals surface area contributed by atoms with Gasteiger partial charge in [-0.2, -0.15) is 0 Å². The monoisotopic (exact) mass is 295 g/mol. The molecule has 0 aliphatic rings. The van der Waals surface area contributed by atoms with Gasteiger partial charge in [-0.05, 0) is 43.7 Å². The molecule has 1 aromatic heterocycles. The van der Waals surface area contributed by atoms with E-state index in [1.807, 2.05) is 19.1 Å². The van der Waals surface area contributed by atoms with Crippen LogP contribution in [0.2, 0.25) is 5.02 Å². The lowest BCUT2D eigenvalue weighted by atomic mass is 10.1. The molecule has 1 aromatic carbocycles. The van der Waals surface area contributed by atoms with Crippen LogP contribution >= 0.6 is 22.9 Å². The quantitative estimate of drug-likeness (QED) is 0.826. The number of aryl methyl sites for hydroxylation is 1. The predicted molar refractivity (Wildman–Crippen MR) is 82.0 cm³/mol. The van der Waals surface area contributed by atoms with E-state index < -0.39 is 0 Å². The fourth-order valence-electron chi connectivity index (χ4n) is 1.83. The maximum absolute atomic E-state index is 6.07. The first-order valence-corrected chi connectivity index (χ1v) is 7.69. The van der Waals surface area contributed by atoms with Crippen LogP contribution in [0.5, 0.6) is 0 Å². The zero-order valence-corrected chi connectivity index (χ0v) is 12.8. The molecule has 0 saturated carbocycles. The Hall–Kier alpha value is -0.970. The second kappa shape index (κ2) is 6.98. The van der Waals surface area contributed by atoms with Gasteiger partial charge in [0.15, 0.2) is 0 Å².